The first-order valence-corrected chi connectivity index (χ1v) is 19.7. The molecule has 258 valence electrons. The van der Waals surface area contributed by atoms with Crippen molar-refractivity contribution in [3.8, 4) is 0 Å². The SMILES string of the molecule is C=CC(C/C=C/c1ccc2ccc3ccccc3c2c1)N(C1=CCC(c2cc3ccccc3c3ccccc23)C=C1)c1cccc2c1sc1ccccc12. The molecule has 2 unspecified atom stereocenters. The number of rotatable bonds is 8. The van der Waals surface area contributed by atoms with Gasteiger partial charge in [-0.2, -0.15) is 0 Å². The van der Waals surface area contributed by atoms with Crippen LogP contribution < -0.4 is 4.90 Å². The molecule has 9 aromatic rings. The quantitative estimate of drug-likeness (QED) is 0.112. The molecule has 0 fully saturated rings. The number of hydrogen-bond donors (Lipinski definition) is 0. The molecule has 10 rings (SSSR count). The van der Waals surface area contributed by atoms with Gasteiger partial charge in [-0.1, -0.05) is 158 Å². The van der Waals surface area contributed by atoms with E-state index in [4.69, 9.17) is 0 Å². The van der Waals surface area contributed by atoms with Crippen molar-refractivity contribution in [1.82, 2.24) is 0 Å². The number of anilines is 1. The van der Waals surface area contributed by atoms with Gasteiger partial charge in [-0.25, -0.2) is 0 Å². The van der Waals surface area contributed by atoms with Gasteiger partial charge < -0.3 is 4.90 Å². The Labute approximate surface area is 320 Å². The van der Waals surface area contributed by atoms with E-state index in [9.17, 15) is 0 Å². The summed E-state index contributed by atoms with van der Waals surface area (Å²) in [6, 6.07) is 55.6. The number of thiophene rings is 1. The van der Waals surface area contributed by atoms with Gasteiger partial charge in [-0.3, -0.25) is 0 Å². The first-order chi connectivity index (χ1) is 26.7. The second kappa shape index (κ2) is 13.6. The van der Waals surface area contributed by atoms with Crippen molar-refractivity contribution in [3.63, 3.8) is 0 Å². The minimum Gasteiger partial charge on any atom is -0.333 e. The van der Waals surface area contributed by atoms with E-state index >= 15 is 0 Å². The van der Waals surface area contributed by atoms with Crippen LogP contribution in [0.15, 0.2) is 194 Å². The van der Waals surface area contributed by atoms with Gasteiger partial charge in [-0.05, 0) is 97.4 Å². The van der Waals surface area contributed by atoms with Gasteiger partial charge in [0.2, 0.25) is 0 Å². The summed E-state index contributed by atoms with van der Waals surface area (Å²) < 4.78 is 2.63. The lowest BCUT2D eigenvalue weighted by molar-refractivity contribution is 0.755. The van der Waals surface area contributed by atoms with Gasteiger partial charge in [0.05, 0.1) is 16.4 Å². The third kappa shape index (κ3) is 5.62. The molecule has 1 nitrogen and oxygen atoms in total. The molecule has 0 saturated carbocycles. The molecule has 0 bridgehead atoms. The summed E-state index contributed by atoms with van der Waals surface area (Å²) in [7, 11) is 0. The number of allylic oxidation sites excluding steroid dienone is 3. The lowest BCUT2D eigenvalue weighted by Gasteiger charge is -2.34. The normalized spacial score (nSPS) is 15.2. The van der Waals surface area contributed by atoms with Crippen molar-refractivity contribution >= 4 is 86.4 Å². The van der Waals surface area contributed by atoms with Crippen LogP contribution in [0.1, 0.15) is 29.9 Å². The first-order valence-electron chi connectivity index (χ1n) is 18.9. The molecule has 0 amide bonds. The van der Waals surface area contributed by atoms with Gasteiger partial charge in [-0.15, -0.1) is 17.9 Å². The van der Waals surface area contributed by atoms with Crippen molar-refractivity contribution in [2.24, 2.45) is 0 Å². The highest BCUT2D eigenvalue weighted by atomic mass is 32.1. The van der Waals surface area contributed by atoms with Crippen LogP contribution in [-0.2, 0) is 0 Å². The molecular weight excluding hydrogens is 671 g/mol. The molecule has 0 spiro atoms. The molecule has 54 heavy (non-hydrogen) atoms. The van der Waals surface area contributed by atoms with E-state index in [1.165, 1.54) is 85.8 Å². The van der Waals surface area contributed by atoms with E-state index in [0.717, 1.165) is 12.8 Å². The Morgan fingerprint density at radius 1 is 0.630 bits per heavy atom. The summed E-state index contributed by atoms with van der Waals surface area (Å²) in [6.45, 7) is 4.43. The fourth-order valence-electron chi connectivity index (χ4n) is 8.61. The lowest BCUT2D eigenvalue weighted by atomic mass is 9.85. The molecule has 0 radical (unpaired) electrons. The Kier molecular flexibility index (Phi) is 8.19. The Morgan fingerprint density at radius 3 is 2.09 bits per heavy atom. The van der Waals surface area contributed by atoms with Crippen LogP contribution in [0.2, 0.25) is 0 Å². The van der Waals surface area contributed by atoms with Crippen LogP contribution in [-0.4, -0.2) is 6.04 Å². The zero-order valence-corrected chi connectivity index (χ0v) is 30.8. The standard InChI is InChI=1S/C52H39NS/c1-2-40(16-11-13-35-25-26-37-28-27-36-14-3-5-17-42(36)48(37)33-35)53(50-23-12-22-47-46-21-9-10-24-51(46)54-52(47)50)41-31-29-38(30-32-41)49-34-39-15-4-6-18-43(39)44-19-7-8-20-45(44)49/h2-15,17-29,31-34,38,40H,1,16,30H2/b13-11+. The molecule has 1 aromatic heterocycles. The summed E-state index contributed by atoms with van der Waals surface area (Å²) in [5.41, 5.74) is 5.05. The van der Waals surface area contributed by atoms with Gasteiger partial charge in [0, 0.05) is 27.1 Å². The third-order valence-electron chi connectivity index (χ3n) is 11.3. The topological polar surface area (TPSA) is 3.24 Å². The zero-order valence-electron chi connectivity index (χ0n) is 30.0. The van der Waals surface area contributed by atoms with Crippen LogP contribution in [0, 0.1) is 0 Å². The second-order valence-electron chi connectivity index (χ2n) is 14.4. The molecule has 1 aliphatic rings. The highest BCUT2D eigenvalue weighted by Gasteiger charge is 2.25. The molecule has 2 atom stereocenters. The summed E-state index contributed by atoms with van der Waals surface area (Å²) in [4.78, 5) is 2.54. The first kappa shape index (κ1) is 32.4. The highest BCUT2D eigenvalue weighted by molar-refractivity contribution is 7.26. The Balaban J connectivity index is 1.03. The van der Waals surface area contributed by atoms with Crippen LogP contribution >= 0.6 is 11.3 Å². The van der Waals surface area contributed by atoms with Crippen molar-refractivity contribution in [2.45, 2.75) is 24.8 Å². The minimum absolute atomic E-state index is 0.0484. The van der Waals surface area contributed by atoms with Gasteiger partial charge in [0.1, 0.15) is 0 Å². The monoisotopic (exact) mass is 709 g/mol. The van der Waals surface area contributed by atoms with Crippen LogP contribution in [0.5, 0.6) is 0 Å². The van der Waals surface area contributed by atoms with E-state index in [0.29, 0.717) is 0 Å². The second-order valence-corrected chi connectivity index (χ2v) is 15.4. The lowest BCUT2D eigenvalue weighted by Crippen LogP contribution is -2.33. The Morgan fingerprint density at radius 2 is 1.30 bits per heavy atom. The summed E-state index contributed by atoms with van der Waals surface area (Å²) in [6.07, 6.45) is 15.7. The van der Waals surface area contributed by atoms with Gasteiger partial charge in [0.15, 0.2) is 0 Å². The average molecular weight is 710 g/mol. The highest BCUT2D eigenvalue weighted by Crippen LogP contribution is 2.43. The number of fused-ring (bicyclic) bond motifs is 9. The van der Waals surface area contributed by atoms with Crippen molar-refractivity contribution in [1.29, 1.82) is 0 Å². The summed E-state index contributed by atoms with van der Waals surface area (Å²) >= 11 is 1.89. The molecule has 8 aromatic carbocycles. The maximum absolute atomic E-state index is 4.43. The Bertz CT molecular complexity index is 2990. The van der Waals surface area contributed by atoms with E-state index in [1.54, 1.807) is 0 Å². The molecule has 1 heterocycles. The predicted octanol–water partition coefficient (Wildman–Crippen LogP) is 14.8. The molecule has 0 saturated heterocycles. The van der Waals surface area contributed by atoms with Crippen molar-refractivity contribution in [3.05, 3.63) is 205 Å². The largest absolute Gasteiger partial charge is 0.333 e. The molecule has 0 N–H and O–H groups in total. The van der Waals surface area contributed by atoms with E-state index in [-0.39, 0.29) is 12.0 Å². The third-order valence-corrected chi connectivity index (χ3v) is 12.5. The van der Waals surface area contributed by atoms with Crippen LogP contribution in [0.4, 0.5) is 5.69 Å². The fraction of sp³-hybridized carbons (Fsp3) is 0.0769. The van der Waals surface area contributed by atoms with Crippen molar-refractivity contribution < 1.29 is 0 Å². The van der Waals surface area contributed by atoms with E-state index < -0.39 is 0 Å². The van der Waals surface area contributed by atoms with Gasteiger partial charge in [0.25, 0.3) is 0 Å². The van der Waals surface area contributed by atoms with Crippen LogP contribution in [0.25, 0.3) is 69.3 Å². The number of hydrogen-bond acceptors (Lipinski definition) is 2. The molecular formula is C52H39NS. The summed E-state index contributed by atoms with van der Waals surface area (Å²) in [5.74, 6) is 0.288. The average Bonchev–Trinajstić information content (AvgIpc) is 3.62. The van der Waals surface area contributed by atoms with Crippen molar-refractivity contribution in [2.75, 3.05) is 4.90 Å². The van der Waals surface area contributed by atoms with Crippen LogP contribution in [0.3, 0.4) is 0 Å². The molecule has 0 aliphatic heterocycles. The molecule has 1 aliphatic carbocycles. The van der Waals surface area contributed by atoms with E-state index in [2.05, 4.69) is 200 Å². The number of nitrogens with zero attached hydrogens (tertiary/aromatic N) is 1. The Hall–Kier alpha value is -6.22. The minimum atomic E-state index is 0.0484. The maximum atomic E-state index is 4.43. The van der Waals surface area contributed by atoms with Gasteiger partial charge >= 0.3 is 0 Å². The predicted molar refractivity (Wildman–Crippen MR) is 237 cm³/mol. The zero-order chi connectivity index (χ0) is 36.0. The maximum Gasteiger partial charge on any atom is 0.0598 e. The fourth-order valence-corrected chi connectivity index (χ4v) is 9.83. The molecule has 2 heteroatoms. The smallest absolute Gasteiger partial charge is 0.0598 e. The summed E-state index contributed by atoms with van der Waals surface area (Å²) in [5, 5.41) is 13.0. The van der Waals surface area contributed by atoms with E-state index in [1.807, 2.05) is 11.3 Å². The number of benzene rings is 8.